The second kappa shape index (κ2) is 9.15. The lowest BCUT2D eigenvalue weighted by Gasteiger charge is -2.14. The molecular formula is C15H20ClNO5. The van der Waals surface area contributed by atoms with Gasteiger partial charge in [-0.15, -0.1) is 0 Å². The van der Waals surface area contributed by atoms with Crippen molar-refractivity contribution in [2.75, 3.05) is 19.8 Å². The van der Waals surface area contributed by atoms with Crippen molar-refractivity contribution in [3.63, 3.8) is 0 Å². The molecule has 0 saturated heterocycles. The van der Waals surface area contributed by atoms with Gasteiger partial charge in [-0.05, 0) is 25.5 Å². The van der Waals surface area contributed by atoms with E-state index in [-0.39, 0.29) is 18.0 Å². The number of rotatable bonds is 9. The van der Waals surface area contributed by atoms with E-state index in [1.54, 1.807) is 0 Å². The highest BCUT2D eigenvalue weighted by Gasteiger charge is 2.16. The highest BCUT2D eigenvalue weighted by molar-refractivity contribution is 6.32. The Balaban J connectivity index is 2.91. The van der Waals surface area contributed by atoms with Crippen molar-refractivity contribution in [1.82, 2.24) is 5.32 Å². The lowest BCUT2D eigenvalue weighted by atomic mass is 10.2. The number of hydrogen-bond donors (Lipinski definition) is 2. The highest BCUT2D eigenvalue weighted by Crippen LogP contribution is 2.36. The second-order valence-electron chi connectivity index (χ2n) is 4.47. The van der Waals surface area contributed by atoms with E-state index in [2.05, 4.69) is 5.32 Å². The van der Waals surface area contributed by atoms with Crippen LogP contribution in [0.3, 0.4) is 0 Å². The van der Waals surface area contributed by atoms with Crippen LogP contribution in [0.25, 0.3) is 0 Å². The van der Waals surface area contributed by atoms with Gasteiger partial charge in [0.25, 0.3) is 5.91 Å². The minimum Gasteiger partial charge on any atom is -0.490 e. The van der Waals surface area contributed by atoms with Gasteiger partial charge < -0.3 is 19.9 Å². The first kappa shape index (κ1) is 18.1. The molecule has 122 valence electrons. The Bertz CT molecular complexity index is 533. The Hall–Kier alpha value is -1.95. The van der Waals surface area contributed by atoms with Gasteiger partial charge in [-0.1, -0.05) is 18.5 Å². The number of nitrogens with one attached hydrogen (secondary N) is 1. The number of benzene rings is 1. The monoisotopic (exact) mass is 329 g/mol. The SMILES string of the molecule is CCCOc1c(Cl)cc(C(=O)NCCC(=O)O)cc1OCC. The molecule has 0 aliphatic heterocycles. The predicted octanol–water partition coefficient (Wildman–Crippen LogP) is 2.73. The van der Waals surface area contributed by atoms with Crippen LogP contribution in [-0.2, 0) is 4.79 Å². The molecule has 22 heavy (non-hydrogen) atoms. The summed E-state index contributed by atoms with van der Waals surface area (Å²) in [6, 6.07) is 3.02. The maximum atomic E-state index is 12.0. The van der Waals surface area contributed by atoms with E-state index >= 15 is 0 Å². The largest absolute Gasteiger partial charge is 0.490 e. The molecule has 0 saturated carbocycles. The molecule has 1 aromatic rings. The summed E-state index contributed by atoms with van der Waals surface area (Å²) in [7, 11) is 0. The predicted molar refractivity (Wildman–Crippen MR) is 83.0 cm³/mol. The van der Waals surface area contributed by atoms with Gasteiger partial charge in [0.05, 0.1) is 24.7 Å². The molecule has 0 fully saturated rings. The third-order valence-electron chi connectivity index (χ3n) is 2.65. The first-order chi connectivity index (χ1) is 10.5. The summed E-state index contributed by atoms with van der Waals surface area (Å²) in [6.45, 7) is 4.73. The van der Waals surface area contributed by atoms with Crippen LogP contribution in [-0.4, -0.2) is 36.7 Å². The van der Waals surface area contributed by atoms with E-state index < -0.39 is 11.9 Å². The maximum Gasteiger partial charge on any atom is 0.305 e. The van der Waals surface area contributed by atoms with Crippen molar-refractivity contribution < 1.29 is 24.2 Å². The summed E-state index contributed by atoms with van der Waals surface area (Å²) < 4.78 is 11.0. The number of carbonyl (C=O) groups is 2. The zero-order valence-corrected chi connectivity index (χ0v) is 13.4. The van der Waals surface area contributed by atoms with Gasteiger partial charge in [0, 0.05) is 12.1 Å². The van der Waals surface area contributed by atoms with Crippen molar-refractivity contribution >= 4 is 23.5 Å². The van der Waals surface area contributed by atoms with Crippen LogP contribution in [0.5, 0.6) is 11.5 Å². The topological polar surface area (TPSA) is 84.9 Å². The van der Waals surface area contributed by atoms with E-state index in [1.807, 2.05) is 13.8 Å². The molecule has 0 aliphatic rings. The standard InChI is InChI=1S/C15H20ClNO5/c1-3-7-22-14-11(16)8-10(9-12(14)21-4-2)15(20)17-6-5-13(18)19/h8-9H,3-7H2,1-2H3,(H,17,20)(H,18,19). The molecule has 0 unspecified atom stereocenters. The lowest BCUT2D eigenvalue weighted by molar-refractivity contribution is -0.136. The third-order valence-corrected chi connectivity index (χ3v) is 2.93. The number of aliphatic carboxylic acids is 1. The summed E-state index contributed by atoms with van der Waals surface area (Å²) >= 11 is 6.16. The second-order valence-corrected chi connectivity index (χ2v) is 4.87. The number of hydrogen-bond acceptors (Lipinski definition) is 4. The Morgan fingerprint density at radius 1 is 1.27 bits per heavy atom. The Morgan fingerprint density at radius 3 is 2.59 bits per heavy atom. The molecule has 7 heteroatoms. The Morgan fingerprint density at radius 2 is 2.00 bits per heavy atom. The summed E-state index contributed by atoms with van der Waals surface area (Å²) in [5.41, 5.74) is 0.294. The summed E-state index contributed by atoms with van der Waals surface area (Å²) in [4.78, 5) is 22.4. The van der Waals surface area contributed by atoms with Gasteiger partial charge in [-0.3, -0.25) is 9.59 Å². The molecule has 0 radical (unpaired) electrons. The average molecular weight is 330 g/mol. The first-order valence-electron chi connectivity index (χ1n) is 7.08. The van der Waals surface area contributed by atoms with Crippen LogP contribution in [0.15, 0.2) is 12.1 Å². The zero-order valence-electron chi connectivity index (χ0n) is 12.6. The molecule has 0 atom stereocenters. The van der Waals surface area contributed by atoms with E-state index in [1.165, 1.54) is 12.1 Å². The number of ether oxygens (including phenoxy) is 2. The van der Waals surface area contributed by atoms with Crippen LogP contribution in [0.2, 0.25) is 5.02 Å². The smallest absolute Gasteiger partial charge is 0.305 e. The average Bonchev–Trinajstić information content (AvgIpc) is 2.46. The summed E-state index contributed by atoms with van der Waals surface area (Å²) in [6.07, 6.45) is 0.675. The minimum atomic E-state index is -0.975. The first-order valence-corrected chi connectivity index (χ1v) is 7.46. The van der Waals surface area contributed by atoms with Gasteiger partial charge in [-0.2, -0.15) is 0 Å². The number of carbonyl (C=O) groups excluding carboxylic acids is 1. The maximum absolute atomic E-state index is 12.0. The molecule has 0 bridgehead atoms. The van der Waals surface area contributed by atoms with Crippen molar-refractivity contribution in [2.45, 2.75) is 26.7 Å². The molecule has 0 spiro atoms. The van der Waals surface area contributed by atoms with Crippen LogP contribution in [0.1, 0.15) is 37.0 Å². The zero-order chi connectivity index (χ0) is 16.5. The van der Waals surface area contributed by atoms with Gasteiger partial charge in [0.2, 0.25) is 0 Å². The molecule has 0 aliphatic carbocycles. The lowest BCUT2D eigenvalue weighted by Crippen LogP contribution is -2.26. The van der Waals surface area contributed by atoms with Crippen LogP contribution in [0.4, 0.5) is 0 Å². The third kappa shape index (κ3) is 5.44. The van der Waals surface area contributed by atoms with Gasteiger partial charge in [0.15, 0.2) is 11.5 Å². The van der Waals surface area contributed by atoms with Gasteiger partial charge >= 0.3 is 5.97 Å². The minimum absolute atomic E-state index is 0.0455. The Labute approximate surface area is 134 Å². The number of carboxylic acids is 1. The van der Waals surface area contributed by atoms with Gasteiger partial charge in [0.1, 0.15) is 0 Å². The van der Waals surface area contributed by atoms with Crippen molar-refractivity contribution in [3.05, 3.63) is 22.7 Å². The fraction of sp³-hybridized carbons (Fsp3) is 0.467. The number of halogens is 1. The normalized spacial score (nSPS) is 10.1. The summed E-state index contributed by atoms with van der Waals surface area (Å²) in [5.74, 6) is -0.581. The highest BCUT2D eigenvalue weighted by atomic mass is 35.5. The van der Waals surface area contributed by atoms with Crippen molar-refractivity contribution in [1.29, 1.82) is 0 Å². The van der Waals surface area contributed by atoms with E-state index in [4.69, 9.17) is 26.2 Å². The molecule has 1 amide bonds. The molecule has 1 aromatic carbocycles. The van der Waals surface area contributed by atoms with Crippen molar-refractivity contribution in [3.8, 4) is 11.5 Å². The molecule has 2 N–H and O–H groups in total. The number of amides is 1. The van der Waals surface area contributed by atoms with Gasteiger partial charge in [-0.25, -0.2) is 0 Å². The van der Waals surface area contributed by atoms with E-state index in [0.717, 1.165) is 6.42 Å². The van der Waals surface area contributed by atoms with E-state index in [0.29, 0.717) is 30.3 Å². The Kier molecular flexibility index (Phi) is 7.52. The molecule has 0 aromatic heterocycles. The quantitative estimate of drug-likeness (QED) is 0.727. The molecule has 0 heterocycles. The summed E-state index contributed by atoms with van der Waals surface area (Å²) in [5, 5.41) is 11.4. The van der Waals surface area contributed by atoms with Crippen LogP contribution in [0, 0.1) is 0 Å². The fourth-order valence-electron chi connectivity index (χ4n) is 1.69. The van der Waals surface area contributed by atoms with Crippen molar-refractivity contribution in [2.24, 2.45) is 0 Å². The fourth-order valence-corrected chi connectivity index (χ4v) is 1.96. The van der Waals surface area contributed by atoms with Crippen LogP contribution < -0.4 is 14.8 Å². The van der Waals surface area contributed by atoms with E-state index in [9.17, 15) is 9.59 Å². The van der Waals surface area contributed by atoms with Crippen LogP contribution >= 0.6 is 11.6 Å². The molecule has 1 rings (SSSR count). The number of carboxylic acid groups (broad SMARTS) is 1. The molecule has 6 nitrogen and oxygen atoms in total. The molecular weight excluding hydrogens is 310 g/mol.